The molecular weight excluding hydrogens is 328 g/mol. The summed E-state index contributed by atoms with van der Waals surface area (Å²) >= 11 is 0. The van der Waals surface area contributed by atoms with Gasteiger partial charge in [0.05, 0.1) is 5.41 Å². The van der Waals surface area contributed by atoms with Gasteiger partial charge in [-0.15, -0.1) is 0 Å². The first-order valence-electron chi connectivity index (χ1n) is 9.04. The molecular formula is C20H26N4O2. The Hall–Kier alpha value is -2.63. The van der Waals surface area contributed by atoms with Gasteiger partial charge in [0, 0.05) is 31.4 Å². The number of carbonyl (C=O) groups is 2. The monoisotopic (exact) mass is 354 g/mol. The van der Waals surface area contributed by atoms with Gasteiger partial charge in [0.25, 0.3) is 0 Å². The fourth-order valence-corrected chi connectivity index (χ4v) is 3.73. The second-order valence-corrected chi connectivity index (χ2v) is 7.46. The molecule has 1 fully saturated rings. The van der Waals surface area contributed by atoms with E-state index < -0.39 is 11.3 Å². The lowest BCUT2D eigenvalue weighted by molar-refractivity contribution is -0.137. The van der Waals surface area contributed by atoms with Gasteiger partial charge in [-0.05, 0) is 32.3 Å². The number of hydrogen-bond donors (Lipinski definition) is 1. The number of hydrogen-bond acceptors (Lipinski definition) is 3. The van der Waals surface area contributed by atoms with Crippen molar-refractivity contribution in [3.63, 3.8) is 0 Å². The standard InChI is InChI=1S/C20H26N4O2/c1-20(2,16-8-4-3-5-9-16)19(26)24-11-6-7-15(13-24)18-22-10-12-23(18)14-17(21)25/h3-5,8-10,12,15H,6-7,11,13-14H2,1-2H3,(H2,21,25)/t15-/m0/s1. The summed E-state index contributed by atoms with van der Waals surface area (Å²) < 4.78 is 1.79. The molecule has 0 aliphatic carbocycles. The summed E-state index contributed by atoms with van der Waals surface area (Å²) in [5.74, 6) is 0.687. The summed E-state index contributed by atoms with van der Waals surface area (Å²) in [7, 11) is 0. The zero-order valence-electron chi connectivity index (χ0n) is 15.4. The number of rotatable bonds is 5. The van der Waals surface area contributed by atoms with E-state index in [2.05, 4.69) is 4.98 Å². The maximum atomic E-state index is 13.2. The molecule has 6 nitrogen and oxygen atoms in total. The summed E-state index contributed by atoms with van der Waals surface area (Å²) in [6, 6.07) is 9.88. The quantitative estimate of drug-likeness (QED) is 0.892. The van der Waals surface area contributed by atoms with Gasteiger partial charge in [-0.3, -0.25) is 9.59 Å². The fourth-order valence-electron chi connectivity index (χ4n) is 3.73. The van der Waals surface area contributed by atoms with Crippen molar-refractivity contribution in [2.75, 3.05) is 13.1 Å². The summed E-state index contributed by atoms with van der Waals surface area (Å²) in [5.41, 5.74) is 5.77. The van der Waals surface area contributed by atoms with E-state index in [1.807, 2.05) is 49.1 Å². The van der Waals surface area contributed by atoms with Crippen LogP contribution < -0.4 is 5.73 Å². The van der Waals surface area contributed by atoms with Gasteiger partial charge in [0.2, 0.25) is 11.8 Å². The molecule has 0 spiro atoms. The minimum atomic E-state index is -0.578. The molecule has 2 amide bonds. The van der Waals surface area contributed by atoms with Crippen molar-refractivity contribution in [2.24, 2.45) is 5.73 Å². The number of amides is 2. The molecule has 2 heterocycles. The second kappa shape index (κ2) is 7.32. The molecule has 1 aromatic carbocycles. The third-order valence-corrected chi connectivity index (χ3v) is 5.18. The minimum absolute atomic E-state index is 0.119. The lowest BCUT2D eigenvalue weighted by atomic mass is 9.82. The molecule has 0 unspecified atom stereocenters. The topological polar surface area (TPSA) is 81.2 Å². The van der Waals surface area contributed by atoms with Crippen LogP contribution in [0.1, 0.15) is 44.0 Å². The Balaban J connectivity index is 1.77. The molecule has 1 atom stereocenters. The summed E-state index contributed by atoms with van der Waals surface area (Å²) in [5, 5.41) is 0. The molecule has 1 aliphatic rings. The lowest BCUT2D eigenvalue weighted by Crippen LogP contribution is -2.47. The molecule has 0 bridgehead atoms. The highest BCUT2D eigenvalue weighted by atomic mass is 16.2. The number of benzene rings is 1. The van der Waals surface area contributed by atoms with Crippen molar-refractivity contribution >= 4 is 11.8 Å². The fraction of sp³-hybridized carbons (Fsp3) is 0.450. The molecule has 6 heteroatoms. The van der Waals surface area contributed by atoms with E-state index in [0.717, 1.165) is 30.8 Å². The average molecular weight is 354 g/mol. The van der Waals surface area contributed by atoms with Crippen molar-refractivity contribution < 1.29 is 9.59 Å². The van der Waals surface area contributed by atoms with E-state index >= 15 is 0 Å². The predicted octanol–water partition coefficient (Wildman–Crippen LogP) is 2.05. The molecule has 138 valence electrons. The Morgan fingerprint density at radius 1 is 1.27 bits per heavy atom. The zero-order valence-corrected chi connectivity index (χ0v) is 15.4. The number of primary amides is 1. The number of nitrogens with two attached hydrogens (primary N) is 1. The highest BCUT2D eigenvalue weighted by Gasteiger charge is 2.36. The molecule has 1 aliphatic heterocycles. The number of aromatic nitrogens is 2. The number of carbonyl (C=O) groups excluding carboxylic acids is 2. The normalized spacial score (nSPS) is 17.9. The summed E-state index contributed by atoms with van der Waals surface area (Å²) in [4.78, 5) is 30.9. The van der Waals surface area contributed by atoms with Crippen LogP contribution >= 0.6 is 0 Å². The first-order valence-corrected chi connectivity index (χ1v) is 9.04. The van der Waals surface area contributed by atoms with Gasteiger partial charge in [-0.1, -0.05) is 30.3 Å². The van der Waals surface area contributed by atoms with E-state index in [9.17, 15) is 9.59 Å². The van der Waals surface area contributed by atoms with E-state index in [1.165, 1.54) is 0 Å². The summed E-state index contributed by atoms with van der Waals surface area (Å²) in [6.45, 7) is 5.44. The molecule has 1 aromatic heterocycles. The van der Waals surface area contributed by atoms with Gasteiger partial charge in [-0.25, -0.2) is 4.98 Å². The van der Waals surface area contributed by atoms with Crippen LogP contribution in [0.15, 0.2) is 42.7 Å². The van der Waals surface area contributed by atoms with Crippen LogP contribution in [-0.2, 0) is 21.5 Å². The Morgan fingerprint density at radius 3 is 2.69 bits per heavy atom. The number of piperidine rings is 1. The van der Waals surface area contributed by atoms with Crippen LogP contribution in [0.25, 0.3) is 0 Å². The van der Waals surface area contributed by atoms with Crippen molar-refractivity contribution in [3.8, 4) is 0 Å². The average Bonchev–Trinajstić information content (AvgIpc) is 3.09. The molecule has 2 N–H and O–H groups in total. The van der Waals surface area contributed by atoms with Gasteiger partial charge in [-0.2, -0.15) is 0 Å². The van der Waals surface area contributed by atoms with E-state index in [0.29, 0.717) is 6.54 Å². The van der Waals surface area contributed by atoms with Gasteiger partial charge in [0.1, 0.15) is 12.4 Å². The maximum Gasteiger partial charge on any atom is 0.237 e. The first kappa shape index (κ1) is 18.2. The minimum Gasteiger partial charge on any atom is -0.368 e. The largest absolute Gasteiger partial charge is 0.368 e. The van der Waals surface area contributed by atoms with Gasteiger partial charge < -0.3 is 15.2 Å². The molecule has 1 saturated heterocycles. The van der Waals surface area contributed by atoms with Crippen molar-refractivity contribution in [1.82, 2.24) is 14.5 Å². The number of likely N-dealkylation sites (tertiary alicyclic amines) is 1. The highest BCUT2D eigenvalue weighted by Crippen LogP contribution is 2.31. The third-order valence-electron chi connectivity index (χ3n) is 5.18. The Labute approximate surface area is 154 Å². The van der Waals surface area contributed by atoms with Crippen molar-refractivity contribution in [3.05, 3.63) is 54.1 Å². The first-order chi connectivity index (χ1) is 12.4. The third kappa shape index (κ3) is 3.64. The maximum absolute atomic E-state index is 13.2. The van der Waals surface area contributed by atoms with E-state index in [4.69, 9.17) is 5.73 Å². The number of imidazole rings is 1. The van der Waals surface area contributed by atoms with Crippen LogP contribution in [0.3, 0.4) is 0 Å². The molecule has 0 saturated carbocycles. The summed E-state index contributed by atoms with van der Waals surface area (Å²) in [6.07, 6.45) is 5.33. The van der Waals surface area contributed by atoms with Crippen LogP contribution in [0.5, 0.6) is 0 Å². The SMILES string of the molecule is CC(C)(C(=O)N1CCC[C@H](c2nccn2CC(N)=O)C1)c1ccccc1. The van der Waals surface area contributed by atoms with Crippen LogP contribution in [-0.4, -0.2) is 39.4 Å². The predicted molar refractivity (Wildman–Crippen MR) is 99.4 cm³/mol. The van der Waals surface area contributed by atoms with Crippen molar-refractivity contribution in [2.45, 2.75) is 44.6 Å². The van der Waals surface area contributed by atoms with Crippen LogP contribution in [0, 0.1) is 0 Å². The van der Waals surface area contributed by atoms with Crippen molar-refractivity contribution in [1.29, 1.82) is 0 Å². The number of nitrogens with zero attached hydrogens (tertiary/aromatic N) is 3. The van der Waals surface area contributed by atoms with E-state index in [-0.39, 0.29) is 18.4 Å². The molecule has 3 rings (SSSR count). The molecule has 26 heavy (non-hydrogen) atoms. The Kier molecular flexibility index (Phi) is 5.11. The van der Waals surface area contributed by atoms with Crippen LogP contribution in [0.2, 0.25) is 0 Å². The lowest BCUT2D eigenvalue weighted by Gasteiger charge is -2.37. The molecule has 0 radical (unpaired) electrons. The molecule has 2 aromatic rings. The highest BCUT2D eigenvalue weighted by molar-refractivity contribution is 5.87. The Bertz CT molecular complexity index is 782. The second-order valence-electron chi connectivity index (χ2n) is 7.46. The van der Waals surface area contributed by atoms with Gasteiger partial charge in [0.15, 0.2) is 0 Å². The zero-order chi connectivity index (χ0) is 18.7. The van der Waals surface area contributed by atoms with E-state index in [1.54, 1.807) is 17.0 Å². The smallest absolute Gasteiger partial charge is 0.237 e. The van der Waals surface area contributed by atoms with Crippen LogP contribution in [0.4, 0.5) is 0 Å². The Morgan fingerprint density at radius 2 is 2.00 bits per heavy atom. The van der Waals surface area contributed by atoms with Gasteiger partial charge >= 0.3 is 0 Å².